The fourth-order valence-corrected chi connectivity index (χ4v) is 2.12. The van der Waals surface area contributed by atoms with Crippen LogP contribution >= 0.6 is 0 Å². The zero-order valence-corrected chi connectivity index (χ0v) is 12.3. The van der Waals surface area contributed by atoms with Crippen LogP contribution in [-0.2, 0) is 11.2 Å². The number of rotatable bonds is 6. The Kier molecular flexibility index (Phi) is 5.31. The summed E-state index contributed by atoms with van der Waals surface area (Å²) in [4.78, 5) is 0. The molecule has 0 radical (unpaired) electrons. The average molecular weight is 289 g/mol. The summed E-state index contributed by atoms with van der Waals surface area (Å²) in [5.41, 5.74) is 7.37. The largest absolute Gasteiger partial charge is 0.457 e. The summed E-state index contributed by atoms with van der Waals surface area (Å²) in [5, 5.41) is 0. The molecule has 0 aliphatic rings. The molecule has 3 nitrogen and oxygen atoms in total. The van der Waals surface area contributed by atoms with Crippen molar-refractivity contribution in [2.45, 2.75) is 19.4 Å². The van der Waals surface area contributed by atoms with Gasteiger partial charge in [-0.15, -0.1) is 0 Å². The van der Waals surface area contributed by atoms with Gasteiger partial charge >= 0.3 is 0 Å². The third-order valence-corrected chi connectivity index (χ3v) is 3.21. The molecule has 0 aromatic heterocycles. The van der Waals surface area contributed by atoms with E-state index in [1.165, 1.54) is 6.07 Å². The topological polar surface area (TPSA) is 44.5 Å². The van der Waals surface area contributed by atoms with Crippen molar-refractivity contribution in [3.05, 3.63) is 59.4 Å². The molecular formula is C17H20FNO2. The average Bonchev–Trinajstić information content (AvgIpc) is 2.46. The molecule has 0 bridgehead atoms. The van der Waals surface area contributed by atoms with Crippen molar-refractivity contribution in [1.29, 1.82) is 0 Å². The second kappa shape index (κ2) is 7.20. The molecule has 1 atom stereocenters. The van der Waals surface area contributed by atoms with Gasteiger partial charge in [0.05, 0.1) is 6.61 Å². The van der Waals surface area contributed by atoms with E-state index in [9.17, 15) is 4.39 Å². The van der Waals surface area contributed by atoms with Crippen molar-refractivity contribution in [1.82, 2.24) is 0 Å². The van der Waals surface area contributed by atoms with Crippen LogP contribution in [0.3, 0.4) is 0 Å². The quantitative estimate of drug-likeness (QED) is 0.879. The van der Waals surface area contributed by atoms with Crippen molar-refractivity contribution >= 4 is 0 Å². The molecule has 2 N–H and O–H groups in total. The minimum atomic E-state index is -0.429. The molecular weight excluding hydrogens is 269 g/mol. The summed E-state index contributed by atoms with van der Waals surface area (Å²) in [5.74, 6) is 0.762. The number of hydrogen-bond acceptors (Lipinski definition) is 3. The highest BCUT2D eigenvalue weighted by atomic mass is 19.1. The van der Waals surface area contributed by atoms with E-state index in [0.29, 0.717) is 23.7 Å². The van der Waals surface area contributed by atoms with Crippen molar-refractivity contribution in [3.8, 4) is 11.5 Å². The number of benzene rings is 2. The van der Waals surface area contributed by atoms with Gasteiger partial charge in [-0.1, -0.05) is 18.2 Å². The molecule has 0 unspecified atom stereocenters. The number of hydrogen-bond donors (Lipinski definition) is 1. The molecule has 0 aliphatic carbocycles. The minimum absolute atomic E-state index is 0.348. The van der Waals surface area contributed by atoms with Crippen molar-refractivity contribution in [2.24, 2.45) is 5.73 Å². The van der Waals surface area contributed by atoms with Gasteiger partial charge in [0, 0.05) is 18.7 Å². The maximum absolute atomic E-state index is 13.8. The van der Waals surface area contributed by atoms with Gasteiger partial charge < -0.3 is 15.2 Å². The van der Waals surface area contributed by atoms with Crippen LogP contribution in [0.15, 0.2) is 42.5 Å². The van der Waals surface area contributed by atoms with Gasteiger partial charge in [-0.3, -0.25) is 0 Å². The summed E-state index contributed by atoms with van der Waals surface area (Å²) in [6.07, 6.45) is 0.849. The van der Waals surface area contributed by atoms with E-state index in [0.717, 1.165) is 12.0 Å². The van der Waals surface area contributed by atoms with E-state index < -0.39 is 6.04 Å². The molecule has 0 saturated carbocycles. The fraction of sp³-hybridized carbons (Fsp3) is 0.294. The van der Waals surface area contributed by atoms with Crippen molar-refractivity contribution in [3.63, 3.8) is 0 Å². The second-order valence-corrected chi connectivity index (χ2v) is 4.93. The SMILES string of the molecule is COCCc1ccc(Oc2cccc(F)c2[C@H](C)N)cc1. The molecule has 2 aromatic rings. The first-order chi connectivity index (χ1) is 10.1. The predicted molar refractivity (Wildman–Crippen MR) is 81.1 cm³/mol. The predicted octanol–water partition coefficient (Wildman–Crippen LogP) is 3.83. The Morgan fingerprint density at radius 1 is 1.14 bits per heavy atom. The molecule has 0 spiro atoms. The molecule has 0 heterocycles. The summed E-state index contributed by atoms with van der Waals surface area (Å²) >= 11 is 0. The Hall–Kier alpha value is -1.91. The highest BCUT2D eigenvalue weighted by Crippen LogP contribution is 2.30. The lowest BCUT2D eigenvalue weighted by atomic mass is 10.1. The van der Waals surface area contributed by atoms with Gasteiger partial charge in [-0.25, -0.2) is 4.39 Å². The van der Waals surface area contributed by atoms with Gasteiger partial charge in [0.15, 0.2) is 0 Å². The molecule has 2 aromatic carbocycles. The zero-order valence-electron chi connectivity index (χ0n) is 12.3. The molecule has 0 aliphatic heterocycles. The number of methoxy groups -OCH3 is 1. The van der Waals surface area contributed by atoms with Crippen LogP contribution in [0.5, 0.6) is 11.5 Å². The van der Waals surface area contributed by atoms with Crippen LogP contribution in [0.4, 0.5) is 4.39 Å². The van der Waals surface area contributed by atoms with Crippen LogP contribution in [0.25, 0.3) is 0 Å². The van der Waals surface area contributed by atoms with E-state index in [1.807, 2.05) is 24.3 Å². The Morgan fingerprint density at radius 2 is 1.86 bits per heavy atom. The maximum Gasteiger partial charge on any atom is 0.135 e. The molecule has 4 heteroatoms. The number of nitrogens with two attached hydrogens (primary N) is 1. The smallest absolute Gasteiger partial charge is 0.135 e. The van der Waals surface area contributed by atoms with Gasteiger partial charge in [-0.05, 0) is 43.2 Å². The Balaban J connectivity index is 2.17. The summed E-state index contributed by atoms with van der Waals surface area (Å²) in [7, 11) is 1.68. The summed E-state index contributed by atoms with van der Waals surface area (Å²) in [6, 6.07) is 12.0. The molecule has 112 valence electrons. The Bertz CT molecular complexity index is 582. The highest BCUT2D eigenvalue weighted by molar-refractivity contribution is 5.40. The first-order valence-corrected chi connectivity index (χ1v) is 6.91. The van der Waals surface area contributed by atoms with Crippen LogP contribution in [0.1, 0.15) is 24.1 Å². The number of ether oxygens (including phenoxy) is 2. The highest BCUT2D eigenvalue weighted by Gasteiger charge is 2.14. The Labute approximate surface area is 124 Å². The molecule has 0 saturated heterocycles. The first kappa shape index (κ1) is 15.5. The van der Waals surface area contributed by atoms with E-state index in [1.54, 1.807) is 26.2 Å². The molecule has 0 amide bonds. The second-order valence-electron chi connectivity index (χ2n) is 4.93. The lowest BCUT2D eigenvalue weighted by Gasteiger charge is -2.14. The normalized spacial score (nSPS) is 12.2. The minimum Gasteiger partial charge on any atom is -0.457 e. The van der Waals surface area contributed by atoms with Gasteiger partial charge in [-0.2, -0.15) is 0 Å². The lowest BCUT2D eigenvalue weighted by molar-refractivity contribution is 0.202. The lowest BCUT2D eigenvalue weighted by Crippen LogP contribution is -2.09. The van der Waals surface area contributed by atoms with Crippen LogP contribution in [0.2, 0.25) is 0 Å². The maximum atomic E-state index is 13.8. The van der Waals surface area contributed by atoms with Crippen LogP contribution < -0.4 is 10.5 Å². The molecule has 0 fully saturated rings. The van der Waals surface area contributed by atoms with E-state index >= 15 is 0 Å². The van der Waals surface area contributed by atoms with Gasteiger partial charge in [0.2, 0.25) is 0 Å². The van der Waals surface area contributed by atoms with Gasteiger partial charge in [0.1, 0.15) is 17.3 Å². The monoisotopic (exact) mass is 289 g/mol. The standard InChI is InChI=1S/C17H20FNO2/c1-12(19)17-15(18)4-3-5-16(17)21-14-8-6-13(7-9-14)10-11-20-2/h3-9,12H,10-11,19H2,1-2H3/t12-/m0/s1. The van der Waals surface area contributed by atoms with E-state index in [2.05, 4.69) is 0 Å². The van der Waals surface area contributed by atoms with Crippen LogP contribution in [-0.4, -0.2) is 13.7 Å². The molecule has 21 heavy (non-hydrogen) atoms. The van der Waals surface area contributed by atoms with E-state index in [-0.39, 0.29) is 5.82 Å². The third-order valence-electron chi connectivity index (χ3n) is 3.21. The zero-order chi connectivity index (χ0) is 15.2. The number of halogens is 1. The third kappa shape index (κ3) is 4.03. The summed E-state index contributed by atoms with van der Waals surface area (Å²) < 4.78 is 24.6. The van der Waals surface area contributed by atoms with Gasteiger partial charge in [0.25, 0.3) is 0 Å². The Morgan fingerprint density at radius 3 is 2.48 bits per heavy atom. The van der Waals surface area contributed by atoms with Crippen LogP contribution in [0, 0.1) is 5.82 Å². The summed E-state index contributed by atoms with van der Waals surface area (Å²) in [6.45, 7) is 2.41. The van der Waals surface area contributed by atoms with Crippen molar-refractivity contribution in [2.75, 3.05) is 13.7 Å². The fourth-order valence-electron chi connectivity index (χ4n) is 2.12. The first-order valence-electron chi connectivity index (χ1n) is 6.91. The van der Waals surface area contributed by atoms with E-state index in [4.69, 9.17) is 15.2 Å². The molecule has 2 rings (SSSR count). The van der Waals surface area contributed by atoms with Crippen molar-refractivity contribution < 1.29 is 13.9 Å².